The van der Waals surface area contributed by atoms with Crippen molar-refractivity contribution >= 4 is 22.8 Å². The molecular weight excluding hydrogens is 538 g/mol. The SMILES string of the molecule is CCOCC1CN(Cc2ccc3ccccc3n2)Cc2cncn2C1.O=C(O)C(F)(F)F.O=C(O)C(F)(F)F. The Kier molecular flexibility index (Phi) is 11.2. The van der Waals surface area contributed by atoms with E-state index in [2.05, 4.69) is 51.7 Å². The van der Waals surface area contributed by atoms with Gasteiger partial charge in [0.15, 0.2) is 0 Å². The molecule has 0 radical (unpaired) electrons. The summed E-state index contributed by atoms with van der Waals surface area (Å²) in [4.78, 5) is 29.4. The number of carboxylic acids is 2. The molecule has 214 valence electrons. The molecule has 39 heavy (non-hydrogen) atoms. The molecule has 3 aromatic rings. The van der Waals surface area contributed by atoms with Gasteiger partial charge in [0.05, 0.1) is 29.8 Å². The number of alkyl halides is 6. The van der Waals surface area contributed by atoms with Crippen LogP contribution in [0.3, 0.4) is 0 Å². The quantitative estimate of drug-likeness (QED) is 0.439. The van der Waals surface area contributed by atoms with Gasteiger partial charge in [0.25, 0.3) is 0 Å². The van der Waals surface area contributed by atoms with Crippen LogP contribution in [0.4, 0.5) is 26.3 Å². The van der Waals surface area contributed by atoms with Crippen LogP contribution in [0.25, 0.3) is 10.9 Å². The predicted octanol–water partition coefficient (Wildman–Crippen LogP) is 4.37. The van der Waals surface area contributed by atoms with Gasteiger partial charge in [-0.1, -0.05) is 24.3 Å². The summed E-state index contributed by atoms with van der Waals surface area (Å²) in [5.41, 5.74) is 3.44. The van der Waals surface area contributed by atoms with Crippen molar-refractivity contribution in [3.8, 4) is 0 Å². The van der Waals surface area contributed by atoms with Crippen molar-refractivity contribution in [1.29, 1.82) is 0 Å². The van der Waals surface area contributed by atoms with Crippen LogP contribution in [0, 0.1) is 5.92 Å². The van der Waals surface area contributed by atoms with Crippen molar-refractivity contribution in [3.63, 3.8) is 0 Å². The Morgan fingerprint density at radius 3 is 2.21 bits per heavy atom. The highest BCUT2D eigenvalue weighted by molar-refractivity contribution is 5.78. The van der Waals surface area contributed by atoms with E-state index in [9.17, 15) is 26.3 Å². The summed E-state index contributed by atoms with van der Waals surface area (Å²) < 4.78 is 71.4. The van der Waals surface area contributed by atoms with E-state index < -0.39 is 24.3 Å². The highest BCUT2D eigenvalue weighted by Gasteiger charge is 2.38. The van der Waals surface area contributed by atoms with Gasteiger partial charge in [0.2, 0.25) is 0 Å². The Hall–Kier alpha value is -3.72. The molecule has 9 nitrogen and oxygen atoms in total. The first-order valence-corrected chi connectivity index (χ1v) is 11.4. The normalized spacial score (nSPS) is 15.7. The van der Waals surface area contributed by atoms with E-state index in [4.69, 9.17) is 29.5 Å². The van der Waals surface area contributed by atoms with Gasteiger partial charge in [-0.2, -0.15) is 26.3 Å². The maximum Gasteiger partial charge on any atom is 0.490 e. The zero-order valence-corrected chi connectivity index (χ0v) is 20.6. The molecule has 0 saturated heterocycles. The zero-order chi connectivity index (χ0) is 29.2. The Balaban J connectivity index is 0.000000317. The van der Waals surface area contributed by atoms with Gasteiger partial charge in [-0.05, 0) is 19.1 Å². The molecule has 15 heteroatoms. The Morgan fingerprint density at radius 1 is 1.00 bits per heavy atom. The van der Waals surface area contributed by atoms with Gasteiger partial charge in [0.1, 0.15) is 0 Å². The molecule has 0 amide bonds. The lowest BCUT2D eigenvalue weighted by Gasteiger charge is -2.23. The van der Waals surface area contributed by atoms with E-state index in [0.29, 0.717) is 5.92 Å². The average Bonchev–Trinajstić information content (AvgIpc) is 3.21. The van der Waals surface area contributed by atoms with Crippen molar-refractivity contribution < 1.29 is 50.9 Å². The number of aromatic nitrogens is 3. The number of pyridine rings is 1. The molecule has 2 aromatic heterocycles. The molecule has 0 saturated carbocycles. The van der Waals surface area contributed by atoms with Crippen molar-refractivity contribution in [2.45, 2.75) is 38.9 Å². The molecular formula is C24H26F6N4O5. The van der Waals surface area contributed by atoms with Crippen molar-refractivity contribution in [1.82, 2.24) is 19.4 Å². The van der Waals surface area contributed by atoms with Crippen LogP contribution < -0.4 is 0 Å². The van der Waals surface area contributed by atoms with Gasteiger partial charge < -0.3 is 19.5 Å². The van der Waals surface area contributed by atoms with Crippen LogP contribution in [0.5, 0.6) is 0 Å². The largest absolute Gasteiger partial charge is 0.490 e. The molecule has 4 rings (SSSR count). The second-order valence-electron chi connectivity index (χ2n) is 8.33. The van der Waals surface area contributed by atoms with Crippen LogP contribution in [-0.2, 0) is 34.0 Å². The Labute approximate surface area is 218 Å². The van der Waals surface area contributed by atoms with E-state index in [1.165, 1.54) is 11.1 Å². The van der Waals surface area contributed by atoms with Crippen LogP contribution in [0.1, 0.15) is 18.3 Å². The van der Waals surface area contributed by atoms with Crippen LogP contribution >= 0.6 is 0 Å². The van der Waals surface area contributed by atoms with E-state index in [1.54, 1.807) is 0 Å². The number of rotatable bonds is 5. The molecule has 1 aliphatic rings. The number of hydrogen-bond acceptors (Lipinski definition) is 6. The van der Waals surface area contributed by atoms with Crippen molar-refractivity contribution in [2.75, 3.05) is 19.8 Å². The Bertz CT molecular complexity index is 1210. The summed E-state index contributed by atoms with van der Waals surface area (Å²) >= 11 is 0. The standard InChI is InChI=1S/C20H24N4O.2C2HF3O2/c1-2-25-14-16-10-23(13-19-9-21-15-24(19)11-16)12-18-8-7-17-5-3-4-6-20(17)22-18;2*3-2(4,5)1(6)7/h3-9,15-16H,2,10-14H2,1H3;2*(H,6,7). The molecule has 1 aliphatic heterocycles. The molecule has 0 fully saturated rings. The maximum absolute atomic E-state index is 10.6. The molecule has 2 N–H and O–H groups in total. The molecule has 1 aromatic carbocycles. The number of fused-ring (bicyclic) bond motifs is 2. The lowest BCUT2D eigenvalue weighted by atomic mass is 10.1. The number of imidazole rings is 1. The van der Waals surface area contributed by atoms with Gasteiger partial charge >= 0.3 is 24.3 Å². The first kappa shape index (κ1) is 31.5. The van der Waals surface area contributed by atoms with Crippen molar-refractivity contribution in [3.05, 3.63) is 60.3 Å². The number of para-hydroxylation sites is 1. The fourth-order valence-electron chi connectivity index (χ4n) is 3.57. The summed E-state index contributed by atoms with van der Waals surface area (Å²) in [6.45, 7) is 7.33. The zero-order valence-electron chi connectivity index (χ0n) is 20.6. The molecule has 0 spiro atoms. The summed E-state index contributed by atoms with van der Waals surface area (Å²) in [7, 11) is 0. The van der Waals surface area contributed by atoms with Gasteiger partial charge in [-0.25, -0.2) is 14.6 Å². The maximum atomic E-state index is 10.6. The third-order valence-electron chi connectivity index (χ3n) is 5.24. The summed E-state index contributed by atoms with van der Waals surface area (Å²) in [5, 5.41) is 15.4. The topological polar surface area (TPSA) is 118 Å². The lowest BCUT2D eigenvalue weighted by Crippen LogP contribution is -2.30. The summed E-state index contributed by atoms with van der Waals surface area (Å²) in [5.74, 6) is -5.05. The number of carbonyl (C=O) groups is 2. The number of carboxylic acid groups (broad SMARTS) is 2. The molecule has 1 unspecified atom stereocenters. The number of aliphatic carboxylic acids is 2. The highest BCUT2D eigenvalue weighted by Crippen LogP contribution is 2.20. The second kappa shape index (κ2) is 13.9. The van der Waals surface area contributed by atoms with Crippen LogP contribution in [-0.4, -0.2) is 73.7 Å². The average molecular weight is 564 g/mol. The molecule has 3 heterocycles. The number of benzene rings is 1. The van der Waals surface area contributed by atoms with Crippen molar-refractivity contribution in [2.24, 2.45) is 5.92 Å². The van der Waals surface area contributed by atoms with E-state index in [0.717, 1.165) is 50.6 Å². The van der Waals surface area contributed by atoms with Gasteiger partial charge in [0, 0.05) is 50.3 Å². The molecule has 1 atom stereocenters. The summed E-state index contributed by atoms with van der Waals surface area (Å²) in [6.07, 6.45) is -6.25. The number of nitrogens with zero attached hydrogens (tertiary/aromatic N) is 4. The number of hydrogen-bond donors (Lipinski definition) is 2. The smallest absolute Gasteiger partial charge is 0.475 e. The third-order valence-corrected chi connectivity index (χ3v) is 5.24. The van der Waals surface area contributed by atoms with E-state index in [-0.39, 0.29) is 0 Å². The molecule has 0 aliphatic carbocycles. The van der Waals surface area contributed by atoms with Crippen LogP contribution in [0.15, 0.2) is 48.9 Å². The number of halogens is 6. The van der Waals surface area contributed by atoms with Crippen LogP contribution in [0.2, 0.25) is 0 Å². The monoisotopic (exact) mass is 564 g/mol. The third kappa shape index (κ3) is 10.5. The fraction of sp³-hybridized carbons (Fsp3) is 0.417. The minimum atomic E-state index is -5.08. The van der Waals surface area contributed by atoms with Gasteiger partial charge in [-0.15, -0.1) is 0 Å². The van der Waals surface area contributed by atoms with Gasteiger partial charge in [-0.3, -0.25) is 9.88 Å². The first-order chi connectivity index (χ1) is 18.2. The van der Waals surface area contributed by atoms with E-state index >= 15 is 0 Å². The van der Waals surface area contributed by atoms with E-state index in [1.807, 2.05) is 18.6 Å². The minimum Gasteiger partial charge on any atom is -0.475 e. The fourth-order valence-corrected chi connectivity index (χ4v) is 3.57. The lowest BCUT2D eigenvalue weighted by molar-refractivity contribution is -0.193. The first-order valence-electron chi connectivity index (χ1n) is 11.4. The summed E-state index contributed by atoms with van der Waals surface area (Å²) in [6, 6.07) is 12.6. The molecule has 0 bridgehead atoms. The second-order valence-corrected chi connectivity index (χ2v) is 8.33. The highest BCUT2D eigenvalue weighted by atomic mass is 19.4. The minimum absolute atomic E-state index is 0.468. The predicted molar refractivity (Wildman–Crippen MR) is 125 cm³/mol. The Morgan fingerprint density at radius 2 is 1.62 bits per heavy atom. The number of ether oxygens (including phenoxy) is 1.